The zero-order valence-electron chi connectivity index (χ0n) is 14.9. The van der Waals surface area contributed by atoms with Crippen molar-refractivity contribution in [3.8, 4) is 5.75 Å². The van der Waals surface area contributed by atoms with E-state index in [2.05, 4.69) is 11.7 Å². The Hall–Kier alpha value is 0.270. The van der Waals surface area contributed by atoms with Gasteiger partial charge in [-0.15, -0.1) is 13.2 Å². The maximum absolute atomic E-state index is 12.6. The van der Waals surface area contributed by atoms with Crippen LogP contribution in [0.1, 0.15) is 69.8 Å². The molecule has 0 amide bonds. The van der Waals surface area contributed by atoms with E-state index in [0.29, 0.717) is 13.1 Å². The third kappa shape index (κ3) is 5.41. The quantitative estimate of drug-likeness (QED) is 0.325. The molecule has 0 heterocycles. The van der Waals surface area contributed by atoms with Gasteiger partial charge in [0.1, 0.15) is 0 Å². The average molecular weight is 592 g/mol. The van der Waals surface area contributed by atoms with Crippen LogP contribution < -0.4 is 4.74 Å². The molecule has 1 nitrogen and oxygen atoms in total. The summed E-state index contributed by atoms with van der Waals surface area (Å²) in [6.07, 6.45) is 5.71. The van der Waals surface area contributed by atoms with Crippen LogP contribution in [0.4, 0.5) is 13.2 Å². The van der Waals surface area contributed by atoms with E-state index < -0.39 is 6.36 Å². The molecule has 0 N–H and O–H groups in total. The number of alkyl halides is 3. The molecule has 1 aromatic rings. The van der Waals surface area contributed by atoms with Crippen LogP contribution in [0.2, 0.25) is 0 Å². The van der Waals surface area contributed by atoms with E-state index >= 15 is 0 Å². The van der Waals surface area contributed by atoms with Crippen LogP contribution in [0, 0.1) is 24.9 Å². The van der Waals surface area contributed by atoms with E-state index in [1.54, 1.807) is 0 Å². The van der Waals surface area contributed by atoms with E-state index in [-0.39, 0.29) is 5.75 Å². The lowest BCUT2D eigenvalue weighted by molar-refractivity contribution is -0.275. The lowest BCUT2D eigenvalue weighted by atomic mass is 9.68. The summed E-state index contributed by atoms with van der Waals surface area (Å²) >= 11 is 3.92. The molecular weight excluding hydrogens is 567 g/mol. The van der Waals surface area contributed by atoms with E-state index in [9.17, 15) is 13.2 Å². The van der Waals surface area contributed by atoms with Gasteiger partial charge in [-0.3, -0.25) is 0 Å². The second kappa shape index (κ2) is 8.74. The summed E-state index contributed by atoms with van der Waals surface area (Å²) in [6, 6.07) is 3.77. The van der Waals surface area contributed by atoms with Crippen molar-refractivity contribution in [1.29, 1.82) is 0 Å². The second-order valence-corrected chi connectivity index (χ2v) is 10.3. The minimum atomic E-state index is -4.64. The summed E-state index contributed by atoms with van der Waals surface area (Å²) in [5.41, 5.74) is 1.17. The van der Waals surface area contributed by atoms with Gasteiger partial charge in [0.25, 0.3) is 0 Å². The van der Waals surface area contributed by atoms with Crippen LogP contribution in [0.25, 0.3) is 0 Å². The minimum absolute atomic E-state index is 0.0625. The first-order chi connectivity index (χ1) is 12.2. The maximum atomic E-state index is 12.6. The van der Waals surface area contributed by atoms with Crippen molar-refractivity contribution in [3.05, 3.63) is 24.8 Å². The molecule has 26 heavy (non-hydrogen) atoms. The van der Waals surface area contributed by atoms with Gasteiger partial charge in [0.2, 0.25) is 0 Å². The van der Waals surface area contributed by atoms with Crippen LogP contribution >= 0.6 is 45.2 Å². The van der Waals surface area contributed by atoms with Crippen molar-refractivity contribution >= 4 is 45.2 Å². The number of benzene rings is 1. The predicted molar refractivity (Wildman–Crippen MR) is 114 cm³/mol. The molecule has 2 fully saturated rings. The maximum Gasteiger partial charge on any atom is 0.573 e. The van der Waals surface area contributed by atoms with Crippen LogP contribution in [-0.2, 0) is 0 Å². The summed E-state index contributed by atoms with van der Waals surface area (Å²) in [6.45, 7) is 2.36. The van der Waals surface area contributed by atoms with E-state index in [1.807, 2.05) is 57.3 Å². The molecule has 3 rings (SSSR count). The van der Waals surface area contributed by atoms with Crippen molar-refractivity contribution in [3.63, 3.8) is 0 Å². The molecule has 0 unspecified atom stereocenters. The zero-order valence-corrected chi connectivity index (χ0v) is 19.2. The highest BCUT2D eigenvalue weighted by atomic mass is 127. The van der Waals surface area contributed by atoms with Gasteiger partial charge in [-0.05, 0) is 125 Å². The van der Waals surface area contributed by atoms with Gasteiger partial charge in [0, 0.05) is 0 Å². The average Bonchev–Trinajstić information content (AvgIpc) is 2.58. The van der Waals surface area contributed by atoms with E-state index in [4.69, 9.17) is 0 Å². The summed E-state index contributed by atoms with van der Waals surface area (Å²) in [5.74, 6) is 3.05. The highest BCUT2D eigenvalue weighted by molar-refractivity contribution is 14.1. The molecule has 0 bridgehead atoms. The van der Waals surface area contributed by atoms with Crippen molar-refractivity contribution in [2.24, 2.45) is 17.8 Å². The minimum Gasteiger partial charge on any atom is -0.404 e. The lowest BCUT2D eigenvalue weighted by Crippen LogP contribution is -2.25. The molecular formula is C20H25F3I2O. The Kier molecular flexibility index (Phi) is 7.06. The molecule has 0 saturated heterocycles. The Labute approximate surface area is 181 Å². The largest absolute Gasteiger partial charge is 0.573 e. The van der Waals surface area contributed by atoms with Gasteiger partial charge < -0.3 is 4.74 Å². The molecule has 2 aliphatic carbocycles. The highest BCUT2D eigenvalue weighted by Gasteiger charge is 2.34. The molecule has 0 spiro atoms. The summed E-state index contributed by atoms with van der Waals surface area (Å²) in [7, 11) is 0. The van der Waals surface area contributed by atoms with E-state index in [0.717, 1.165) is 30.6 Å². The van der Waals surface area contributed by atoms with E-state index in [1.165, 1.54) is 44.1 Å². The summed E-state index contributed by atoms with van der Waals surface area (Å²) < 4.78 is 43.0. The third-order valence-electron chi connectivity index (χ3n) is 6.21. The van der Waals surface area contributed by atoms with Crippen LogP contribution in [0.15, 0.2) is 12.1 Å². The first kappa shape index (κ1) is 21.0. The molecule has 1 aromatic carbocycles. The van der Waals surface area contributed by atoms with Gasteiger partial charge in [0.15, 0.2) is 5.75 Å². The van der Waals surface area contributed by atoms with Gasteiger partial charge in [-0.25, -0.2) is 0 Å². The van der Waals surface area contributed by atoms with Crippen molar-refractivity contribution in [2.75, 3.05) is 0 Å². The fourth-order valence-electron chi connectivity index (χ4n) is 4.71. The second-order valence-electron chi connectivity index (χ2n) is 7.99. The van der Waals surface area contributed by atoms with Crippen LogP contribution in [0.5, 0.6) is 5.75 Å². The molecule has 2 saturated carbocycles. The highest BCUT2D eigenvalue weighted by Crippen LogP contribution is 2.45. The molecule has 0 radical (unpaired) electrons. The zero-order chi connectivity index (χ0) is 18.9. The van der Waals surface area contributed by atoms with Gasteiger partial charge in [0.05, 0.1) is 7.14 Å². The number of hydrogen-bond donors (Lipinski definition) is 0. The van der Waals surface area contributed by atoms with Gasteiger partial charge >= 0.3 is 6.36 Å². The molecule has 0 aliphatic heterocycles. The summed E-state index contributed by atoms with van der Waals surface area (Å²) in [5, 5.41) is 0. The lowest BCUT2D eigenvalue weighted by Gasteiger charge is -2.37. The number of halogens is 5. The first-order valence-corrected chi connectivity index (χ1v) is 11.6. The van der Waals surface area contributed by atoms with Crippen LogP contribution in [-0.4, -0.2) is 6.36 Å². The SMILES string of the molecule is CC1CCC(C2CCC(c3cc(I)c(OC(F)(F)F)c(I)c3)CC2)CC1. The Bertz CT molecular complexity index is 593. The van der Waals surface area contributed by atoms with Crippen molar-refractivity contribution in [2.45, 2.75) is 70.6 Å². The predicted octanol–water partition coefficient (Wildman–Crippen LogP) is 7.89. The fourth-order valence-corrected chi connectivity index (χ4v) is 6.75. The molecule has 6 heteroatoms. The van der Waals surface area contributed by atoms with Crippen molar-refractivity contribution < 1.29 is 17.9 Å². The number of hydrogen-bond acceptors (Lipinski definition) is 1. The van der Waals surface area contributed by atoms with Crippen molar-refractivity contribution in [1.82, 2.24) is 0 Å². The third-order valence-corrected chi connectivity index (χ3v) is 7.81. The fraction of sp³-hybridized carbons (Fsp3) is 0.700. The topological polar surface area (TPSA) is 9.23 Å². The molecule has 2 aliphatic rings. The Morgan fingerprint density at radius 1 is 0.846 bits per heavy atom. The molecule has 0 aromatic heterocycles. The molecule has 146 valence electrons. The van der Waals surface area contributed by atoms with Gasteiger partial charge in [-0.1, -0.05) is 19.8 Å². The number of ether oxygens (including phenoxy) is 1. The Morgan fingerprint density at radius 3 is 1.77 bits per heavy atom. The summed E-state index contributed by atoms with van der Waals surface area (Å²) in [4.78, 5) is 0. The van der Waals surface area contributed by atoms with Gasteiger partial charge in [-0.2, -0.15) is 0 Å². The standard InChI is InChI=1S/C20H25F3I2O/c1-12-2-4-13(5-3-12)14-6-8-15(9-7-14)16-10-17(24)19(18(25)11-16)26-20(21,22)23/h10-15H,2-9H2,1H3. The normalized spacial score (nSPS) is 30.2. The first-order valence-electron chi connectivity index (χ1n) is 9.47. The number of rotatable bonds is 3. The monoisotopic (exact) mass is 592 g/mol. The van der Waals surface area contributed by atoms with Crippen LogP contribution in [0.3, 0.4) is 0 Å². The Morgan fingerprint density at radius 2 is 1.31 bits per heavy atom. The molecule has 0 atom stereocenters. The smallest absolute Gasteiger partial charge is 0.404 e. The Balaban J connectivity index is 1.62.